The minimum atomic E-state index is -4.49. The fourth-order valence-electron chi connectivity index (χ4n) is 2.58. The summed E-state index contributed by atoms with van der Waals surface area (Å²) in [6, 6.07) is 2.29. The zero-order valence-electron chi connectivity index (χ0n) is 11.8. The molecule has 2 N–H and O–H groups in total. The van der Waals surface area contributed by atoms with Crippen molar-refractivity contribution in [3.8, 4) is 0 Å². The average Bonchev–Trinajstić information content (AvgIpc) is 3.01. The van der Waals surface area contributed by atoms with Crippen molar-refractivity contribution >= 4 is 27.5 Å². The van der Waals surface area contributed by atoms with E-state index in [0.29, 0.717) is 28.9 Å². The molecule has 1 amide bonds. The predicted octanol–water partition coefficient (Wildman–Crippen LogP) is 2.80. The molecule has 3 heterocycles. The Morgan fingerprint density at radius 3 is 2.77 bits per heavy atom. The van der Waals surface area contributed by atoms with Crippen LogP contribution >= 0.6 is 11.3 Å². The van der Waals surface area contributed by atoms with Gasteiger partial charge in [0.25, 0.3) is 5.91 Å². The predicted molar refractivity (Wildman–Crippen MR) is 77.9 cm³/mol. The van der Waals surface area contributed by atoms with Crippen molar-refractivity contribution in [2.45, 2.75) is 25.6 Å². The Kier molecular flexibility index (Phi) is 3.60. The lowest BCUT2D eigenvalue weighted by atomic mass is 10.1. The molecule has 1 aliphatic heterocycles. The van der Waals surface area contributed by atoms with Gasteiger partial charge in [-0.05, 0) is 31.0 Å². The number of carbonyl (C=O) groups is 1. The van der Waals surface area contributed by atoms with E-state index in [1.54, 1.807) is 11.8 Å². The van der Waals surface area contributed by atoms with Gasteiger partial charge in [0.2, 0.25) is 0 Å². The molecule has 0 spiro atoms. The van der Waals surface area contributed by atoms with Gasteiger partial charge in [-0.3, -0.25) is 4.79 Å². The number of halogens is 3. The highest BCUT2D eigenvalue weighted by atomic mass is 32.1. The van der Waals surface area contributed by atoms with Gasteiger partial charge in [0.1, 0.15) is 10.5 Å². The van der Waals surface area contributed by atoms with Crippen LogP contribution in [0.1, 0.15) is 27.3 Å². The molecule has 2 aromatic rings. The van der Waals surface area contributed by atoms with Crippen LogP contribution in [0.4, 0.5) is 13.2 Å². The normalized spacial score (nSPS) is 19.1. The van der Waals surface area contributed by atoms with Crippen LogP contribution in [0.15, 0.2) is 12.1 Å². The first-order valence-electron chi connectivity index (χ1n) is 6.79. The number of fused-ring (bicyclic) bond motifs is 1. The van der Waals surface area contributed by atoms with E-state index >= 15 is 0 Å². The summed E-state index contributed by atoms with van der Waals surface area (Å²) in [7, 11) is 0. The number of pyridine rings is 1. The van der Waals surface area contributed by atoms with Crippen molar-refractivity contribution in [3.63, 3.8) is 0 Å². The van der Waals surface area contributed by atoms with Crippen molar-refractivity contribution in [1.29, 1.82) is 0 Å². The van der Waals surface area contributed by atoms with Gasteiger partial charge in [-0.25, -0.2) is 4.98 Å². The van der Waals surface area contributed by atoms with Gasteiger partial charge in [0.05, 0.1) is 4.88 Å². The van der Waals surface area contributed by atoms with Gasteiger partial charge < -0.3 is 10.6 Å². The quantitative estimate of drug-likeness (QED) is 0.875. The minimum absolute atomic E-state index is 0.0337. The molecule has 1 saturated heterocycles. The van der Waals surface area contributed by atoms with Gasteiger partial charge in [-0.1, -0.05) is 0 Å². The van der Waals surface area contributed by atoms with Crippen molar-refractivity contribution in [2.75, 3.05) is 13.1 Å². The molecule has 1 aliphatic rings. The largest absolute Gasteiger partial charge is 0.433 e. The number of nitrogens with zero attached hydrogens (tertiary/aromatic N) is 2. The Morgan fingerprint density at radius 1 is 1.45 bits per heavy atom. The lowest BCUT2D eigenvalue weighted by Crippen LogP contribution is -2.31. The summed E-state index contributed by atoms with van der Waals surface area (Å²) in [6.07, 6.45) is -3.75. The maximum atomic E-state index is 12.7. The number of likely N-dealkylation sites (tertiary alicyclic amines) is 1. The fraction of sp³-hybridized carbons (Fsp3) is 0.429. The van der Waals surface area contributed by atoms with Gasteiger partial charge in [-0.2, -0.15) is 13.2 Å². The number of aryl methyl sites for hydroxylation is 1. The topological polar surface area (TPSA) is 59.2 Å². The molecular formula is C14H14F3N3OS. The Labute approximate surface area is 128 Å². The summed E-state index contributed by atoms with van der Waals surface area (Å²) in [6.45, 7) is 2.79. The molecule has 1 fully saturated rings. The first-order chi connectivity index (χ1) is 10.3. The van der Waals surface area contributed by atoms with E-state index in [1.165, 1.54) is 6.07 Å². The summed E-state index contributed by atoms with van der Waals surface area (Å²) in [5.41, 5.74) is 5.53. The molecule has 3 rings (SSSR count). The zero-order chi connectivity index (χ0) is 16.1. The smallest absolute Gasteiger partial charge is 0.336 e. The van der Waals surface area contributed by atoms with Crippen molar-refractivity contribution < 1.29 is 18.0 Å². The highest BCUT2D eigenvalue weighted by molar-refractivity contribution is 7.20. The molecule has 1 atom stereocenters. The standard InChI is InChI=1S/C14H14F3N3OS/c1-7-9-2-3-10(14(15,16)17)19-12(9)22-11(7)13(21)20-5-4-8(18)6-20/h2-3,8H,4-6,18H2,1H3/t8-/m1/s1. The number of rotatable bonds is 1. The van der Waals surface area contributed by atoms with Crippen LogP contribution in [0.25, 0.3) is 10.2 Å². The van der Waals surface area contributed by atoms with Crippen LogP contribution in [0.2, 0.25) is 0 Å². The number of amides is 1. The maximum absolute atomic E-state index is 12.7. The Hall–Kier alpha value is -1.67. The third kappa shape index (κ3) is 2.56. The first kappa shape index (κ1) is 15.2. The second kappa shape index (κ2) is 5.20. The third-order valence-corrected chi connectivity index (χ3v) is 4.99. The van der Waals surface area contributed by atoms with E-state index in [-0.39, 0.29) is 16.8 Å². The molecule has 2 aromatic heterocycles. The molecule has 0 bridgehead atoms. The van der Waals surface area contributed by atoms with Crippen LogP contribution in [-0.2, 0) is 6.18 Å². The fourth-order valence-corrected chi connectivity index (χ4v) is 3.72. The Morgan fingerprint density at radius 2 is 2.18 bits per heavy atom. The van der Waals surface area contributed by atoms with E-state index in [0.717, 1.165) is 23.8 Å². The number of carbonyl (C=O) groups excluding carboxylic acids is 1. The monoisotopic (exact) mass is 329 g/mol. The van der Waals surface area contributed by atoms with Crippen molar-refractivity contribution in [1.82, 2.24) is 9.88 Å². The third-order valence-electron chi connectivity index (χ3n) is 3.80. The van der Waals surface area contributed by atoms with Gasteiger partial charge in [-0.15, -0.1) is 11.3 Å². The molecule has 0 unspecified atom stereocenters. The molecule has 0 radical (unpaired) electrons. The SMILES string of the molecule is Cc1c(C(=O)N2CC[C@@H](N)C2)sc2nc(C(F)(F)F)ccc12. The van der Waals surface area contributed by atoms with Gasteiger partial charge >= 0.3 is 6.18 Å². The number of nitrogens with two attached hydrogens (primary N) is 1. The lowest BCUT2D eigenvalue weighted by molar-refractivity contribution is -0.140. The van der Waals surface area contributed by atoms with Crippen LogP contribution in [0, 0.1) is 6.92 Å². The summed E-state index contributed by atoms with van der Waals surface area (Å²) >= 11 is 1.01. The molecule has 0 saturated carbocycles. The molecular weight excluding hydrogens is 315 g/mol. The molecule has 0 aromatic carbocycles. The lowest BCUT2D eigenvalue weighted by Gasteiger charge is -2.14. The van der Waals surface area contributed by atoms with Gasteiger partial charge in [0.15, 0.2) is 0 Å². The van der Waals surface area contributed by atoms with Crippen LogP contribution in [0.5, 0.6) is 0 Å². The average molecular weight is 329 g/mol. The second-order valence-electron chi connectivity index (χ2n) is 5.40. The minimum Gasteiger partial charge on any atom is -0.336 e. The van der Waals surface area contributed by atoms with E-state index < -0.39 is 11.9 Å². The maximum Gasteiger partial charge on any atom is 0.433 e. The van der Waals surface area contributed by atoms with E-state index in [9.17, 15) is 18.0 Å². The van der Waals surface area contributed by atoms with Crippen LogP contribution < -0.4 is 5.73 Å². The highest BCUT2D eigenvalue weighted by Crippen LogP contribution is 2.35. The van der Waals surface area contributed by atoms with Crippen molar-refractivity contribution in [2.24, 2.45) is 5.73 Å². The first-order valence-corrected chi connectivity index (χ1v) is 7.61. The van der Waals surface area contributed by atoms with E-state index in [1.807, 2.05) is 0 Å². The summed E-state index contributed by atoms with van der Waals surface area (Å²) in [5, 5.41) is 0.588. The van der Waals surface area contributed by atoms with E-state index in [4.69, 9.17) is 5.73 Å². The molecule has 118 valence electrons. The Bertz CT molecular complexity index is 741. The Balaban J connectivity index is 2.00. The number of thiophene rings is 1. The molecule has 0 aliphatic carbocycles. The van der Waals surface area contributed by atoms with E-state index in [2.05, 4.69) is 4.98 Å². The summed E-state index contributed by atoms with van der Waals surface area (Å²) < 4.78 is 38.2. The number of hydrogen-bond acceptors (Lipinski definition) is 4. The number of alkyl halides is 3. The van der Waals surface area contributed by atoms with Crippen molar-refractivity contribution in [3.05, 3.63) is 28.3 Å². The second-order valence-corrected chi connectivity index (χ2v) is 6.40. The van der Waals surface area contributed by atoms with Gasteiger partial charge in [0, 0.05) is 24.5 Å². The van der Waals surface area contributed by atoms with Crippen LogP contribution in [0.3, 0.4) is 0 Å². The number of hydrogen-bond donors (Lipinski definition) is 1. The van der Waals surface area contributed by atoms with Crippen LogP contribution in [-0.4, -0.2) is 34.9 Å². The zero-order valence-corrected chi connectivity index (χ0v) is 12.6. The molecule has 22 heavy (non-hydrogen) atoms. The molecule has 4 nitrogen and oxygen atoms in total. The molecule has 8 heteroatoms. The summed E-state index contributed by atoms with van der Waals surface area (Å²) in [5.74, 6) is -0.179. The highest BCUT2D eigenvalue weighted by Gasteiger charge is 2.33. The number of aromatic nitrogens is 1. The summed E-state index contributed by atoms with van der Waals surface area (Å²) in [4.78, 5) is 18.5.